The van der Waals surface area contributed by atoms with Gasteiger partial charge in [-0.15, -0.1) is 0 Å². The van der Waals surface area contributed by atoms with Crippen LogP contribution in [0.3, 0.4) is 0 Å². The van der Waals surface area contributed by atoms with Crippen LogP contribution < -0.4 is 0 Å². The lowest BCUT2D eigenvalue weighted by Gasteiger charge is -2.34. The Hall–Kier alpha value is -3.07. The molecule has 2 saturated heterocycles. The lowest BCUT2D eigenvalue weighted by atomic mass is 9.89. The number of aliphatic hydroxyl groups excluding tert-OH is 1. The van der Waals surface area contributed by atoms with E-state index in [-0.39, 0.29) is 30.8 Å². The van der Waals surface area contributed by atoms with Crippen molar-refractivity contribution in [3.8, 4) is 0 Å². The van der Waals surface area contributed by atoms with Gasteiger partial charge in [-0.1, -0.05) is 18.2 Å². The van der Waals surface area contributed by atoms with Crippen molar-refractivity contribution in [2.75, 3.05) is 19.6 Å². The highest BCUT2D eigenvalue weighted by Crippen LogP contribution is 2.35. The molecule has 0 saturated carbocycles. The first-order valence-corrected chi connectivity index (χ1v) is 11.8. The van der Waals surface area contributed by atoms with Crippen molar-refractivity contribution in [2.24, 2.45) is 0 Å². The van der Waals surface area contributed by atoms with Gasteiger partial charge in [0.25, 0.3) is 0 Å². The maximum absolute atomic E-state index is 13.0. The molecule has 0 aliphatic carbocycles. The maximum Gasteiger partial charge on any atom is 0.416 e. The molecule has 9 heteroatoms. The summed E-state index contributed by atoms with van der Waals surface area (Å²) >= 11 is 0. The highest BCUT2D eigenvalue weighted by atomic mass is 16.6. The number of hydrogen-bond acceptors (Lipinski definition) is 5. The molecule has 0 bridgehead atoms. The first kappa shape index (κ1) is 24.1. The smallest absolute Gasteiger partial charge is 0.416 e. The Kier molecular flexibility index (Phi) is 6.58. The number of carboxylic acid groups (broad SMARTS) is 1. The van der Waals surface area contributed by atoms with Gasteiger partial charge in [-0.05, 0) is 57.6 Å². The number of aliphatic hydroxyl groups is 1. The topological polar surface area (TPSA) is 112 Å². The van der Waals surface area contributed by atoms with Gasteiger partial charge in [0.05, 0.1) is 18.2 Å². The van der Waals surface area contributed by atoms with Gasteiger partial charge in [0.2, 0.25) is 5.91 Å². The number of para-hydroxylation sites is 1. The minimum Gasteiger partial charge on any atom is -0.464 e. The summed E-state index contributed by atoms with van der Waals surface area (Å²) in [5.41, 5.74) is 1.02. The Balaban J connectivity index is 1.39. The van der Waals surface area contributed by atoms with Gasteiger partial charge in [-0.25, -0.2) is 9.59 Å². The van der Waals surface area contributed by atoms with E-state index in [0.717, 1.165) is 23.8 Å². The molecule has 2 amide bonds. The third-order valence-electron chi connectivity index (χ3n) is 6.67. The number of carbonyl (C=O) groups excluding carboxylic acids is 2. The van der Waals surface area contributed by atoms with E-state index in [1.54, 1.807) is 33.0 Å². The van der Waals surface area contributed by atoms with Crippen LogP contribution in [0.2, 0.25) is 0 Å². The Bertz CT molecular complexity index is 1080. The molecule has 0 unspecified atom stereocenters. The first-order valence-electron chi connectivity index (χ1n) is 11.8. The third kappa shape index (κ3) is 5.04. The van der Waals surface area contributed by atoms with Crippen molar-refractivity contribution in [1.29, 1.82) is 0 Å². The summed E-state index contributed by atoms with van der Waals surface area (Å²) in [5, 5.41) is 20.6. The number of aromatic nitrogens is 1. The summed E-state index contributed by atoms with van der Waals surface area (Å²) in [7, 11) is 0. The number of nitrogens with zero attached hydrogens (tertiary/aromatic N) is 3. The number of rotatable bonds is 3. The summed E-state index contributed by atoms with van der Waals surface area (Å²) < 4.78 is 6.71. The Morgan fingerprint density at radius 2 is 1.79 bits per heavy atom. The van der Waals surface area contributed by atoms with Crippen LogP contribution in [-0.4, -0.2) is 80.1 Å². The van der Waals surface area contributed by atoms with Crippen molar-refractivity contribution >= 4 is 29.0 Å². The van der Waals surface area contributed by atoms with E-state index in [9.17, 15) is 24.6 Å². The van der Waals surface area contributed by atoms with Crippen LogP contribution in [0.15, 0.2) is 30.5 Å². The van der Waals surface area contributed by atoms with E-state index >= 15 is 0 Å². The average Bonchev–Trinajstić information content (AvgIpc) is 3.33. The molecule has 4 rings (SSSR count). The van der Waals surface area contributed by atoms with Gasteiger partial charge in [0.15, 0.2) is 0 Å². The molecule has 2 N–H and O–H groups in total. The fraction of sp³-hybridized carbons (Fsp3) is 0.560. The van der Waals surface area contributed by atoms with E-state index in [0.29, 0.717) is 25.0 Å². The number of amides is 2. The summed E-state index contributed by atoms with van der Waals surface area (Å²) in [6.07, 6.45) is 1.51. The molecule has 2 aromatic rings. The number of likely N-dealkylation sites (tertiary alicyclic amines) is 2. The second-order valence-corrected chi connectivity index (χ2v) is 10.3. The molecule has 2 aliphatic heterocycles. The fourth-order valence-corrected chi connectivity index (χ4v) is 5.09. The van der Waals surface area contributed by atoms with Crippen LogP contribution in [0.5, 0.6) is 0 Å². The third-order valence-corrected chi connectivity index (χ3v) is 6.67. The van der Waals surface area contributed by atoms with E-state index in [2.05, 4.69) is 0 Å². The predicted molar refractivity (Wildman–Crippen MR) is 126 cm³/mol. The van der Waals surface area contributed by atoms with Gasteiger partial charge in [0.1, 0.15) is 5.60 Å². The van der Waals surface area contributed by atoms with Gasteiger partial charge in [-0.2, -0.15) is 0 Å². The zero-order valence-electron chi connectivity index (χ0n) is 19.9. The van der Waals surface area contributed by atoms with E-state index in [1.165, 1.54) is 9.47 Å². The fourth-order valence-electron chi connectivity index (χ4n) is 5.09. The van der Waals surface area contributed by atoms with Gasteiger partial charge < -0.3 is 24.7 Å². The zero-order valence-corrected chi connectivity index (χ0v) is 19.9. The van der Waals surface area contributed by atoms with Crippen molar-refractivity contribution in [1.82, 2.24) is 14.4 Å². The van der Waals surface area contributed by atoms with Crippen LogP contribution in [-0.2, 0) is 9.53 Å². The van der Waals surface area contributed by atoms with Crippen LogP contribution in [0.25, 0.3) is 10.9 Å². The number of carbonyl (C=O) groups is 3. The maximum atomic E-state index is 13.0. The number of β-amino-alcohol motifs (C(OH)–C–C–N with tert-alkyl or cyclic N) is 1. The molecule has 1 aromatic heterocycles. The second-order valence-electron chi connectivity index (χ2n) is 10.3. The molecule has 1 aromatic carbocycles. The molecule has 2 fully saturated rings. The SMILES string of the molecule is CC(C)(C)OC(=O)N1C[C@H](O)C[C@H]1CC(=O)N1CCC(c2cn(C(=O)O)c3ccccc23)CC1. The largest absolute Gasteiger partial charge is 0.464 e. The molecule has 2 aliphatic rings. The standard InChI is InChI=1S/C25H33N3O6/c1-25(2,3)34-24(33)27-14-18(29)12-17(27)13-22(30)26-10-8-16(9-11-26)20-15-28(23(31)32)21-7-5-4-6-19(20)21/h4-7,15-18,29H,8-14H2,1-3H3,(H,31,32)/t17-,18+/m0/s1. The Labute approximate surface area is 198 Å². The number of fused-ring (bicyclic) bond motifs is 1. The van der Waals surface area contributed by atoms with E-state index in [1.807, 2.05) is 23.1 Å². The highest BCUT2D eigenvalue weighted by molar-refractivity contribution is 5.91. The molecule has 9 nitrogen and oxygen atoms in total. The number of benzene rings is 1. The van der Waals surface area contributed by atoms with Crippen molar-refractivity contribution < 1.29 is 29.3 Å². The second kappa shape index (κ2) is 9.29. The molecular weight excluding hydrogens is 438 g/mol. The molecule has 184 valence electrons. The minimum atomic E-state index is -1.01. The molecule has 0 radical (unpaired) electrons. The Morgan fingerprint density at radius 3 is 2.44 bits per heavy atom. The lowest BCUT2D eigenvalue weighted by Crippen LogP contribution is -2.44. The van der Waals surface area contributed by atoms with E-state index < -0.39 is 23.9 Å². The molecule has 2 atom stereocenters. The predicted octanol–water partition coefficient (Wildman–Crippen LogP) is 3.63. The van der Waals surface area contributed by atoms with E-state index in [4.69, 9.17) is 4.74 Å². The molecule has 3 heterocycles. The summed E-state index contributed by atoms with van der Waals surface area (Å²) in [6.45, 7) is 6.67. The quantitative estimate of drug-likeness (QED) is 0.707. The normalized spacial score (nSPS) is 21.8. The summed E-state index contributed by atoms with van der Waals surface area (Å²) in [4.78, 5) is 40.5. The van der Waals surface area contributed by atoms with Crippen molar-refractivity contribution in [3.05, 3.63) is 36.0 Å². The summed E-state index contributed by atoms with van der Waals surface area (Å²) in [6, 6.07) is 7.09. The minimum absolute atomic E-state index is 0.0425. The molecule has 0 spiro atoms. The number of ether oxygens (including phenoxy) is 1. The molecular formula is C25H33N3O6. The van der Waals surface area contributed by atoms with Crippen molar-refractivity contribution in [3.63, 3.8) is 0 Å². The van der Waals surface area contributed by atoms with Crippen LogP contribution >= 0.6 is 0 Å². The lowest BCUT2D eigenvalue weighted by molar-refractivity contribution is -0.133. The van der Waals surface area contributed by atoms with Crippen LogP contribution in [0.4, 0.5) is 9.59 Å². The number of hydrogen-bond donors (Lipinski definition) is 2. The monoisotopic (exact) mass is 471 g/mol. The number of piperidine rings is 1. The first-order chi connectivity index (χ1) is 16.0. The summed E-state index contributed by atoms with van der Waals surface area (Å²) in [5.74, 6) is 0.125. The highest BCUT2D eigenvalue weighted by Gasteiger charge is 2.39. The van der Waals surface area contributed by atoms with Gasteiger partial charge >= 0.3 is 12.2 Å². The Morgan fingerprint density at radius 1 is 1.12 bits per heavy atom. The van der Waals surface area contributed by atoms with Gasteiger partial charge in [0, 0.05) is 37.1 Å². The van der Waals surface area contributed by atoms with Gasteiger partial charge in [-0.3, -0.25) is 9.36 Å². The van der Waals surface area contributed by atoms with Crippen molar-refractivity contribution in [2.45, 2.75) is 70.1 Å². The van der Waals surface area contributed by atoms with Crippen LogP contribution in [0.1, 0.15) is 57.9 Å². The average molecular weight is 472 g/mol. The molecule has 34 heavy (non-hydrogen) atoms. The van der Waals surface area contributed by atoms with Crippen LogP contribution in [0, 0.1) is 0 Å². The zero-order chi connectivity index (χ0) is 24.6.